The van der Waals surface area contributed by atoms with Crippen molar-refractivity contribution in [3.63, 3.8) is 0 Å². The molecule has 4 heteroatoms. The van der Waals surface area contributed by atoms with Crippen LogP contribution >= 0.6 is 0 Å². The van der Waals surface area contributed by atoms with Gasteiger partial charge < -0.3 is 20.2 Å². The van der Waals surface area contributed by atoms with Crippen molar-refractivity contribution in [3.05, 3.63) is 29.8 Å². The maximum absolute atomic E-state index is 9.53. The highest BCUT2D eigenvalue weighted by Gasteiger charge is 2.14. The molecule has 1 aromatic carbocycles. The van der Waals surface area contributed by atoms with Crippen LogP contribution in [0.15, 0.2) is 24.3 Å². The second-order valence-electron chi connectivity index (χ2n) is 5.33. The van der Waals surface area contributed by atoms with Gasteiger partial charge in [-0.3, -0.25) is 0 Å². The van der Waals surface area contributed by atoms with Crippen LogP contribution in [0.25, 0.3) is 0 Å². The minimum absolute atomic E-state index is 0.109. The second-order valence-corrected chi connectivity index (χ2v) is 5.33. The van der Waals surface area contributed by atoms with E-state index in [4.69, 9.17) is 5.11 Å². The van der Waals surface area contributed by atoms with E-state index in [1.807, 2.05) is 19.2 Å². The zero-order valence-corrected chi connectivity index (χ0v) is 12.3. The van der Waals surface area contributed by atoms with E-state index >= 15 is 0 Å². The van der Waals surface area contributed by atoms with Gasteiger partial charge >= 0.3 is 0 Å². The van der Waals surface area contributed by atoms with E-state index in [2.05, 4.69) is 4.90 Å². The summed E-state index contributed by atoms with van der Waals surface area (Å²) in [6.07, 6.45) is 4.92. The molecule has 0 aliphatic carbocycles. The van der Waals surface area contributed by atoms with Gasteiger partial charge in [-0.15, -0.1) is 0 Å². The summed E-state index contributed by atoms with van der Waals surface area (Å²) in [6.45, 7) is 1.36. The van der Waals surface area contributed by atoms with Crippen LogP contribution in [0, 0.1) is 0 Å². The Morgan fingerprint density at radius 1 is 1.00 bits per heavy atom. The molecule has 1 atom stereocenters. The number of hydrogen-bond donors (Lipinski definition) is 3. The molecule has 1 aromatic rings. The van der Waals surface area contributed by atoms with E-state index in [9.17, 15) is 10.2 Å². The highest BCUT2D eigenvalue weighted by molar-refractivity contribution is 5.26. The van der Waals surface area contributed by atoms with Gasteiger partial charge in [0.05, 0.1) is 6.61 Å². The average molecular weight is 281 g/mol. The lowest BCUT2D eigenvalue weighted by Crippen LogP contribution is -2.37. The molecule has 0 saturated carbocycles. The first kappa shape index (κ1) is 17.0. The number of hydrogen-bond acceptors (Lipinski definition) is 4. The quantitative estimate of drug-likeness (QED) is 0.572. The summed E-state index contributed by atoms with van der Waals surface area (Å²) < 4.78 is 0. The summed E-state index contributed by atoms with van der Waals surface area (Å²) in [5, 5.41) is 27.5. The summed E-state index contributed by atoms with van der Waals surface area (Å²) in [7, 11) is 2.04. The first-order chi connectivity index (χ1) is 9.67. The Bertz CT molecular complexity index is 353. The Morgan fingerprint density at radius 2 is 1.65 bits per heavy atom. The van der Waals surface area contributed by atoms with Crippen molar-refractivity contribution in [1.82, 2.24) is 4.90 Å². The second kappa shape index (κ2) is 9.75. The lowest BCUT2D eigenvalue weighted by molar-refractivity contribution is 0.144. The monoisotopic (exact) mass is 281 g/mol. The Balaban J connectivity index is 2.34. The molecule has 114 valence electrons. The standard InChI is InChI=1S/C16H27NO3/c1-17(10-4-2-3-5-11-18)15(13-19)12-14-6-8-16(20)9-7-14/h6-9,15,18-20H,2-5,10-13H2,1H3. The fourth-order valence-electron chi connectivity index (χ4n) is 2.27. The maximum atomic E-state index is 9.53. The number of likely N-dealkylation sites (N-methyl/N-ethyl adjacent to an activating group) is 1. The maximum Gasteiger partial charge on any atom is 0.115 e. The molecule has 3 N–H and O–H groups in total. The van der Waals surface area contributed by atoms with Gasteiger partial charge in [0, 0.05) is 12.6 Å². The minimum Gasteiger partial charge on any atom is -0.508 e. The Kier molecular flexibility index (Phi) is 8.26. The number of rotatable bonds is 10. The van der Waals surface area contributed by atoms with Crippen LogP contribution in [0.3, 0.4) is 0 Å². The molecule has 0 aliphatic heterocycles. The first-order valence-corrected chi connectivity index (χ1v) is 7.37. The Hall–Kier alpha value is -1.10. The fraction of sp³-hybridized carbons (Fsp3) is 0.625. The Morgan fingerprint density at radius 3 is 2.25 bits per heavy atom. The molecule has 20 heavy (non-hydrogen) atoms. The van der Waals surface area contributed by atoms with Crippen LogP contribution in [0.2, 0.25) is 0 Å². The molecule has 0 amide bonds. The number of aliphatic hydroxyl groups is 2. The first-order valence-electron chi connectivity index (χ1n) is 7.37. The molecule has 1 unspecified atom stereocenters. The van der Waals surface area contributed by atoms with Crippen molar-refractivity contribution in [2.45, 2.75) is 38.1 Å². The van der Waals surface area contributed by atoms with Gasteiger partial charge in [0.2, 0.25) is 0 Å². The number of aromatic hydroxyl groups is 1. The van der Waals surface area contributed by atoms with Crippen LogP contribution in [0.4, 0.5) is 0 Å². The number of phenolic OH excluding ortho intramolecular Hbond substituents is 1. The largest absolute Gasteiger partial charge is 0.508 e. The molecule has 0 aliphatic rings. The molecule has 0 saturated heterocycles. The molecule has 0 aromatic heterocycles. The van der Waals surface area contributed by atoms with Crippen molar-refractivity contribution < 1.29 is 15.3 Å². The molecule has 4 nitrogen and oxygen atoms in total. The molecular formula is C16H27NO3. The predicted octanol–water partition coefficient (Wildman–Crippen LogP) is 1.78. The van der Waals surface area contributed by atoms with Crippen LogP contribution < -0.4 is 0 Å². The average Bonchev–Trinajstić information content (AvgIpc) is 2.46. The normalized spacial score (nSPS) is 12.8. The number of benzene rings is 1. The number of aliphatic hydroxyl groups excluding tert-OH is 2. The van der Waals surface area contributed by atoms with Gasteiger partial charge in [-0.05, 0) is 50.6 Å². The summed E-state index contributed by atoms with van der Waals surface area (Å²) in [5.41, 5.74) is 1.12. The molecule has 0 spiro atoms. The lowest BCUT2D eigenvalue weighted by atomic mass is 10.0. The third kappa shape index (κ3) is 6.37. The topological polar surface area (TPSA) is 63.9 Å². The summed E-state index contributed by atoms with van der Waals surface area (Å²) in [4.78, 5) is 2.19. The molecule has 0 fully saturated rings. The minimum atomic E-state index is 0.109. The molecule has 0 heterocycles. The van der Waals surface area contributed by atoms with Gasteiger partial charge in [-0.2, -0.15) is 0 Å². The molecule has 0 radical (unpaired) electrons. The van der Waals surface area contributed by atoms with Crippen LogP contribution in [-0.4, -0.2) is 53.1 Å². The Labute approximate surface area is 121 Å². The zero-order chi connectivity index (χ0) is 14.8. The summed E-state index contributed by atoms with van der Waals surface area (Å²) in [6, 6.07) is 7.26. The third-order valence-corrected chi connectivity index (χ3v) is 3.66. The lowest BCUT2D eigenvalue weighted by Gasteiger charge is -2.26. The zero-order valence-electron chi connectivity index (χ0n) is 12.3. The molecular weight excluding hydrogens is 254 g/mol. The summed E-state index contributed by atoms with van der Waals surface area (Å²) in [5.74, 6) is 0.270. The van der Waals surface area contributed by atoms with Gasteiger partial charge in [0.25, 0.3) is 0 Å². The third-order valence-electron chi connectivity index (χ3n) is 3.66. The van der Waals surface area contributed by atoms with Crippen LogP contribution in [0.1, 0.15) is 31.2 Å². The van der Waals surface area contributed by atoms with Crippen LogP contribution in [-0.2, 0) is 6.42 Å². The van der Waals surface area contributed by atoms with E-state index < -0.39 is 0 Å². The van der Waals surface area contributed by atoms with Crippen molar-refractivity contribution in [1.29, 1.82) is 0 Å². The fourth-order valence-corrected chi connectivity index (χ4v) is 2.27. The van der Waals surface area contributed by atoms with Gasteiger partial charge in [-0.25, -0.2) is 0 Å². The van der Waals surface area contributed by atoms with Crippen molar-refractivity contribution in [2.75, 3.05) is 26.8 Å². The molecule has 1 rings (SSSR count). The molecule has 0 bridgehead atoms. The highest BCUT2D eigenvalue weighted by Crippen LogP contribution is 2.13. The number of phenols is 1. The SMILES string of the molecule is CN(CCCCCCO)C(CO)Cc1ccc(O)cc1. The highest BCUT2D eigenvalue weighted by atomic mass is 16.3. The van der Waals surface area contributed by atoms with Gasteiger partial charge in [0.1, 0.15) is 5.75 Å². The van der Waals surface area contributed by atoms with E-state index in [-0.39, 0.29) is 25.0 Å². The van der Waals surface area contributed by atoms with Crippen molar-refractivity contribution >= 4 is 0 Å². The predicted molar refractivity (Wildman–Crippen MR) is 80.9 cm³/mol. The number of nitrogens with zero attached hydrogens (tertiary/aromatic N) is 1. The van der Waals surface area contributed by atoms with Crippen LogP contribution in [0.5, 0.6) is 5.75 Å². The summed E-state index contributed by atoms with van der Waals surface area (Å²) >= 11 is 0. The van der Waals surface area contributed by atoms with E-state index in [1.54, 1.807) is 12.1 Å². The van der Waals surface area contributed by atoms with Gasteiger partial charge in [-0.1, -0.05) is 25.0 Å². The van der Waals surface area contributed by atoms with Crippen molar-refractivity contribution in [3.8, 4) is 5.75 Å². The number of unbranched alkanes of at least 4 members (excludes halogenated alkanes) is 3. The van der Waals surface area contributed by atoms with E-state index in [1.165, 1.54) is 0 Å². The van der Waals surface area contributed by atoms with Crippen molar-refractivity contribution in [2.24, 2.45) is 0 Å². The van der Waals surface area contributed by atoms with E-state index in [0.717, 1.165) is 44.2 Å². The smallest absolute Gasteiger partial charge is 0.115 e. The van der Waals surface area contributed by atoms with Gasteiger partial charge in [0.15, 0.2) is 0 Å². The van der Waals surface area contributed by atoms with E-state index in [0.29, 0.717) is 0 Å².